The summed E-state index contributed by atoms with van der Waals surface area (Å²) in [6, 6.07) is 12.1. The molecule has 1 aliphatic carbocycles. The molecule has 0 saturated carbocycles. The first-order valence-electron chi connectivity index (χ1n) is 10.3. The minimum Gasteiger partial charge on any atom is -0.316 e. The standard InChI is InChI=1S/C23H23N5OS2/c1-2-13-28-21(16-9-5-3-6-10-16)26-27-23(28)30-15-20(29)25-22-18(14-24)17-11-7-4-8-12-19(17)31-22/h2-3,5-6,9-10H,1,4,7-8,11-13,15H2,(H,25,29). The number of amides is 1. The first kappa shape index (κ1) is 21.3. The maximum atomic E-state index is 12.7. The molecule has 1 amide bonds. The highest BCUT2D eigenvalue weighted by atomic mass is 32.2. The number of thioether (sulfide) groups is 1. The Morgan fingerprint density at radius 2 is 2.06 bits per heavy atom. The van der Waals surface area contributed by atoms with Gasteiger partial charge in [-0.05, 0) is 31.2 Å². The highest BCUT2D eigenvalue weighted by Crippen LogP contribution is 2.37. The second kappa shape index (κ2) is 9.94. The van der Waals surface area contributed by atoms with Gasteiger partial charge in [-0.15, -0.1) is 28.1 Å². The third kappa shape index (κ3) is 4.73. The zero-order chi connectivity index (χ0) is 21.6. The highest BCUT2D eigenvalue weighted by Gasteiger charge is 2.21. The van der Waals surface area contributed by atoms with Gasteiger partial charge in [-0.1, -0.05) is 54.6 Å². The Kier molecular flexibility index (Phi) is 6.85. The van der Waals surface area contributed by atoms with E-state index in [1.807, 2.05) is 34.9 Å². The van der Waals surface area contributed by atoms with Crippen molar-refractivity contribution >= 4 is 34.0 Å². The van der Waals surface area contributed by atoms with E-state index in [0.29, 0.717) is 22.3 Å². The smallest absolute Gasteiger partial charge is 0.235 e. The van der Waals surface area contributed by atoms with Crippen molar-refractivity contribution in [1.82, 2.24) is 14.8 Å². The van der Waals surface area contributed by atoms with Crippen molar-refractivity contribution in [3.63, 3.8) is 0 Å². The number of hydrogen-bond acceptors (Lipinski definition) is 6. The van der Waals surface area contributed by atoms with Crippen LogP contribution in [0.2, 0.25) is 0 Å². The molecule has 1 N–H and O–H groups in total. The molecule has 8 heteroatoms. The Hall–Kier alpha value is -2.89. The van der Waals surface area contributed by atoms with Crippen LogP contribution in [-0.2, 0) is 24.2 Å². The fraction of sp³-hybridized carbons (Fsp3) is 0.304. The summed E-state index contributed by atoms with van der Waals surface area (Å²) >= 11 is 2.89. The van der Waals surface area contributed by atoms with E-state index in [9.17, 15) is 10.1 Å². The molecule has 0 radical (unpaired) electrons. The Morgan fingerprint density at radius 3 is 2.84 bits per heavy atom. The Balaban J connectivity index is 1.47. The second-order valence-corrected chi connectivity index (χ2v) is 9.34. The quantitative estimate of drug-likeness (QED) is 0.309. The molecule has 6 nitrogen and oxygen atoms in total. The monoisotopic (exact) mass is 449 g/mol. The van der Waals surface area contributed by atoms with E-state index < -0.39 is 0 Å². The first-order valence-corrected chi connectivity index (χ1v) is 12.1. The van der Waals surface area contributed by atoms with E-state index >= 15 is 0 Å². The van der Waals surface area contributed by atoms with Crippen LogP contribution in [0.5, 0.6) is 0 Å². The lowest BCUT2D eigenvalue weighted by atomic mass is 10.1. The normalized spacial score (nSPS) is 13.1. The molecule has 0 unspecified atom stereocenters. The summed E-state index contributed by atoms with van der Waals surface area (Å²) in [4.78, 5) is 13.9. The Bertz CT molecular complexity index is 1130. The Labute approximate surface area is 190 Å². The van der Waals surface area contributed by atoms with Crippen LogP contribution in [0.25, 0.3) is 11.4 Å². The first-order chi connectivity index (χ1) is 15.2. The number of rotatable bonds is 7. The summed E-state index contributed by atoms with van der Waals surface area (Å²) in [7, 11) is 0. The number of allylic oxidation sites excluding steroid dienone is 1. The number of nitrogens with one attached hydrogen (secondary N) is 1. The molecular formula is C23H23N5OS2. The Morgan fingerprint density at radius 1 is 1.26 bits per heavy atom. The summed E-state index contributed by atoms with van der Waals surface area (Å²) in [5.41, 5.74) is 2.74. The highest BCUT2D eigenvalue weighted by molar-refractivity contribution is 7.99. The third-order valence-corrected chi connectivity index (χ3v) is 7.35. The van der Waals surface area contributed by atoms with Gasteiger partial charge < -0.3 is 5.32 Å². The average Bonchev–Trinajstić information content (AvgIpc) is 3.25. The summed E-state index contributed by atoms with van der Waals surface area (Å²) in [6.07, 6.45) is 7.14. The lowest BCUT2D eigenvalue weighted by Crippen LogP contribution is -2.14. The van der Waals surface area contributed by atoms with Crippen molar-refractivity contribution in [2.45, 2.75) is 43.8 Å². The zero-order valence-electron chi connectivity index (χ0n) is 17.1. The van der Waals surface area contributed by atoms with Crippen LogP contribution < -0.4 is 5.32 Å². The number of aryl methyl sites for hydroxylation is 1. The van der Waals surface area contributed by atoms with Gasteiger partial charge in [-0.25, -0.2) is 0 Å². The number of nitriles is 1. The minimum atomic E-state index is -0.146. The number of thiophene rings is 1. The van der Waals surface area contributed by atoms with Crippen molar-refractivity contribution < 1.29 is 4.79 Å². The van der Waals surface area contributed by atoms with Crippen LogP contribution in [0.1, 0.15) is 35.3 Å². The van der Waals surface area contributed by atoms with Crippen LogP contribution in [0.15, 0.2) is 48.1 Å². The number of nitrogens with zero attached hydrogens (tertiary/aromatic N) is 4. The lowest BCUT2D eigenvalue weighted by molar-refractivity contribution is -0.113. The summed E-state index contributed by atoms with van der Waals surface area (Å²) in [5, 5.41) is 22.6. The summed E-state index contributed by atoms with van der Waals surface area (Å²) < 4.78 is 1.95. The molecule has 0 bridgehead atoms. The lowest BCUT2D eigenvalue weighted by Gasteiger charge is -2.08. The number of carbonyl (C=O) groups excluding carboxylic acids is 1. The van der Waals surface area contributed by atoms with Crippen molar-refractivity contribution in [2.24, 2.45) is 0 Å². The molecule has 0 spiro atoms. The van der Waals surface area contributed by atoms with Crippen LogP contribution >= 0.6 is 23.1 Å². The van der Waals surface area contributed by atoms with Gasteiger partial charge in [-0.3, -0.25) is 9.36 Å². The van der Waals surface area contributed by atoms with E-state index in [-0.39, 0.29) is 11.7 Å². The molecule has 31 heavy (non-hydrogen) atoms. The maximum Gasteiger partial charge on any atom is 0.235 e. The van der Waals surface area contributed by atoms with Gasteiger partial charge in [0.15, 0.2) is 11.0 Å². The van der Waals surface area contributed by atoms with Gasteiger partial charge >= 0.3 is 0 Å². The number of benzene rings is 1. The molecule has 0 fully saturated rings. The van der Waals surface area contributed by atoms with Crippen LogP contribution in [0.4, 0.5) is 5.00 Å². The SMILES string of the molecule is C=CCn1c(SCC(=O)Nc2sc3c(c2C#N)CCCCC3)nnc1-c1ccccc1. The number of aromatic nitrogens is 3. The van der Waals surface area contributed by atoms with Crippen molar-refractivity contribution in [3.05, 3.63) is 59.0 Å². The van der Waals surface area contributed by atoms with E-state index in [1.54, 1.807) is 17.4 Å². The van der Waals surface area contributed by atoms with Crippen LogP contribution in [-0.4, -0.2) is 26.4 Å². The number of hydrogen-bond donors (Lipinski definition) is 1. The van der Waals surface area contributed by atoms with Crippen LogP contribution in [0.3, 0.4) is 0 Å². The molecular weight excluding hydrogens is 426 g/mol. The van der Waals surface area contributed by atoms with E-state index in [2.05, 4.69) is 28.2 Å². The van der Waals surface area contributed by atoms with Crippen molar-refractivity contribution in [2.75, 3.05) is 11.1 Å². The molecule has 2 aromatic heterocycles. The maximum absolute atomic E-state index is 12.7. The largest absolute Gasteiger partial charge is 0.316 e. The van der Waals surface area contributed by atoms with Gasteiger partial charge in [0.25, 0.3) is 0 Å². The number of fused-ring (bicyclic) bond motifs is 1. The summed E-state index contributed by atoms with van der Waals surface area (Å²) in [6.45, 7) is 4.38. The molecule has 1 aromatic carbocycles. The molecule has 0 saturated heterocycles. The predicted octanol–water partition coefficient (Wildman–Crippen LogP) is 5.06. The van der Waals surface area contributed by atoms with Gasteiger partial charge in [0, 0.05) is 17.0 Å². The zero-order valence-corrected chi connectivity index (χ0v) is 18.8. The predicted molar refractivity (Wildman–Crippen MR) is 125 cm³/mol. The molecule has 1 aliphatic rings. The minimum absolute atomic E-state index is 0.146. The molecule has 3 aromatic rings. The topological polar surface area (TPSA) is 83.6 Å². The average molecular weight is 450 g/mol. The number of carbonyl (C=O) groups is 1. The molecule has 0 aliphatic heterocycles. The molecule has 4 rings (SSSR count). The van der Waals surface area contributed by atoms with E-state index in [4.69, 9.17) is 0 Å². The van der Waals surface area contributed by atoms with Crippen molar-refractivity contribution in [3.8, 4) is 17.5 Å². The van der Waals surface area contributed by atoms with E-state index in [0.717, 1.165) is 42.6 Å². The third-order valence-electron chi connectivity index (χ3n) is 5.18. The fourth-order valence-corrected chi connectivity index (χ4v) is 5.74. The number of anilines is 1. The molecule has 2 heterocycles. The molecule has 0 atom stereocenters. The van der Waals surface area contributed by atoms with Gasteiger partial charge in [0.05, 0.1) is 11.3 Å². The van der Waals surface area contributed by atoms with Gasteiger partial charge in [-0.2, -0.15) is 5.26 Å². The molecule has 158 valence electrons. The van der Waals surface area contributed by atoms with E-state index in [1.165, 1.54) is 23.1 Å². The fourth-order valence-electron chi connectivity index (χ4n) is 3.73. The summed E-state index contributed by atoms with van der Waals surface area (Å²) in [5.74, 6) is 0.793. The van der Waals surface area contributed by atoms with Gasteiger partial charge in [0.2, 0.25) is 5.91 Å². The van der Waals surface area contributed by atoms with Gasteiger partial charge in [0.1, 0.15) is 11.1 Å². The van der Waals surface area contributed by atoms with Crippen LogP contribution in [0, 0.1) is 11.3 Å². The second-order valence-electron chi connectivity index (χ2n) is 7.29. The van der Waals surface area contributed by atoms with Crippen molar-refractivity contribution in [1.29, 1.82) is 5.26 Å².